The van der Waals surface area contributed by atoms with Crippen molar-refractivity contribution >= 4 is 10.1 Å². The molecule has 0 aliphatic rings. The highest BCUT2D eigenvalue weighted by atomic mass is 32.2. The van der Waals surface area contributed by atoms with Gasteiger partial charge in [0.1, 0.15) is 0 Å². The minimum absolute atomic E-state index is 0.173. The molecule has 0 aliphatic carbocycles. The Bertz CT molecular complexity index is 209. The van der Waals surface area contributed by atoms with Crippen molar-refractivity contribution in [1.29, 1.82) is 0 Å². The molecule has 5 heteroatoms. The monoisotopic (exact) mass is 195 g/mol. The highest BCUT2D eigenvalue weighted by Gasteiger charge is 2.19. The first-order chi connectivity index (χ1) is 5.40. The van der Waals surface area contributed by atoms with Gasteiger partial charge < -0.3 is 5.73 Å². The Kier molecular flexibility index (Phi) is 4.74. The van der Waals surface area contributed by atoms with Crippen LogP contribution < -0.4 is 5.73 Å². The predicted molar refractivity (Wildman–Crippen MR) is 48.5 cm³/mol. The number of hydrogen-bond acceptors (Lipinski definition) is 3. The molecule has 0 aromatic rings. The van der Waals surface area contributed by atoms with E-state index in [0.717, 1.165) is 12.8 Å². The lowest BCUT2D eigenvalue weighted by atomic mass is 9.96. The first-order valence-corrected chi connectivity index (χ1v) is 5.72. The van der Waals surface area contributed by atoms with Crippen molar-refractivity contribution in [3.63, 3.8) is 0 Å². The van der Waals surface area contributed by atoms with E-state index in [-0.39, 0.29) is 11.7 Å². The summed E-state index contributed by atoms with van der Waals surface area (Å²) in [6.07, 6.45) is 1.68. The molecule has 0 spiro atoms. The molecule has 1 atom stereocenters. The second kappa shape index (κ2) is 4.79. The van der Waals surface area contributed by atoms with Crippen LogP contribution in [0.4, 0.5) is 0 Å². The fraction of sp³-hybridized carbons (Fsp3) is 1.00. The lowest BCUT2D eigenvalue weighted by molar-refractivity contribution is 0.403. The molecule has 0 bridgehead atoms. The van der Waals surface area contributed by atoms with E-state index >= 15 is 0 Å². The van der Waals surface area contributed by atoms with Gasteiger partial charge in [-0.3, -0.25) is 4.55 Å². The maximum Gasteiger partial charge on any atom is 0.266 e. The van der Waals surface area contributed by atoms with Gasteiger partial charge in [-0.2, -0.15) is 8.42 Å². The third-order valence-corrected chi connectivity index (χ3v) is 2.86. The quantitative estimate of drug-likeness (QED) is 0.631. The normalized spacial score (nSPS) is 15.1. The number of hydrogen-bond donors (Lipinski definition) is 2. The van der Waals surface area contributed by atoms with Gasteiger partial charge in [-0.1, -0.05) is 26.7 Å². The average Bonchev–Trinajstić information content (AvgIpc) is 1.85. The Morgan fingerprint density at radius 1 is 1.33 bits per heavy atom. The molecule has 0 saturated carbocycles. The summed E-state index contributed by atoms with van der Waals surface area (Å²) < 4.78 is 29.4. The molecule has 0 saturated heterocycles. The fourth-order valence-electron chi connectivity index (χ4n) is 1.27. The molecule has 0 radical (unpaired) electrons. The lowest BCUT2D eigenvalue weighted by Gasteiger charge is -2.19. The van der Waals surface area contributed by atoms with Crippen LogP contribution in [0.15, 0.2) is 0 Å². The van der Waals surface area contributed by atoms with Crippen LogP contribution in [0.5, 0.6) is 0 Å². The van der Waals surface area contributed by atoms with Crippen molar-refractivity contribution in [2.24, 2.45) is 11.7 Å². The highest BCUT2D eigenvalue weighted by Crippen LogP contribution is 2.12. The van der Waals surface area contributed by atoms with Gasteiger partial charge in [0.25, 0.3) is 10.1 Å². The molecule has 0 amide bonds. The molecule has 0 rings (SSSR count). The maximum atomic E-state index is 10.5. The van der Waals surface area contributed by atoms with E-state index in [1.165, 1.54) is 0 Å². The van der Waals surface area contributed by atoms with Crippen LogP contribution in [-0.4, -0.2) is 24.8 Å². The molecule has 0 heterocycles. The molecule has 0 unspecified atom stereocenters. The van der Waals surface area contributed by atoms with Crippen LogP contribution in [-0.2, 0) is 10.1 Å². The Balaban J connectivity index is 4.10. The Hall–Kier alpha value is -0.130. The minimum Gasteiger partial charge on any atom is -0.326 e. The van der Waals surface area contributed by atoms with Gasteiger partial charge in [0.05, 0.1) is 5.75 Å². The SMILES string of the molecule is CCC(CC)[C@@H](N)CS(=O)(=O)O. The third kappa shape index (κ3) is 4.69. The van der Waals surface area contributed by atoms with Crippen LogP contribution in [0.3, 0.4) is 0 Å². The second-order valence-electron chi connectivity index (χ2n) is 2.99. The van der Waals surface area contributed by atoms with Gasteiger partial charge in [-0.25, -0.2) is 0 Å². The van der Waals surface area contributed by atoms with Crippen LogP contribution in [0.25, 0.3) is 0 Å². The smallest absolute Gasteiger partial charge is 0.266 e. The predicted octanol–water partition coefficient (Wildman–Crippen LogP) is 0.638. The summed E-state index contributed by atoms with van der Waals surface area (Å²) in [7, 11) is -3.91. The van der Waals surface area contributed by atoms with Crippen LogP contribution in [0.1, 0.15) is 26.7 Å². The van der Waals surface area contributed by atoms with Gasteiger partial charge in [0.15, 0.2) is 0 Å². The van der Waals surface area contributed by atoms with Gasteiger partial charge in [0, 0.05) is 6.04 Å². The first-order valence-electron chi connectivity index (χ1n) is 4.11. The molecular formula is C7H17NO3S. The summed E-state index contributed by atoms with van der Waals surface area (Å²) in [4.78, 5) is 0. The van der Waals surface area contributed by atoms with Crippen LogP contribution >= 0.6 is 0 Å². The van der Waals surface area contributed by atoms with Crippen molar-refractivity contribution < 1.29 is 13.0 Å². The van der Waals surface area contributed by atoms with Gasteiger partial charge in [-0.05, 0) is 5.92 Å². The standard InChI is InChI=1S/C7H17NO3S/c1-3-6(4-2)7(8)5-12(9,10)11/h6-7H,3-5,8H2,1-2H3,(H,9,10,11)/t7-/m0/s1. The van der Waals surface area contributed by atoms with E-state index in [0.29, 0.717) is 0 Å². The Labute approximate surface area is 73.9 Å². The summed E-state index contributed by atoms with van der Waals surface area (Å²) in [5, 5.41) is 0. The third-order valence-electron chi connectivity index (χ3n) is 2.06. The van der Waals surface area contributed by atoms with Gasteiger partial charge in [-0.15, -0.1) is 0 Å². The van der Waals surface area contributed by atoms with E-state index in [1.807, 2.05) is 13.8 Å². The van der Waals surface area contributed by atoms with E-state index < -0.39 is 16.2 Å². The first kappa shape index (κ1) is 11.9. The largest absolute Gasteiger partial charge is 0.326 e. The molecule has 12 heavy (non-hydrogen) atoms. The van der Waals surface area contributed by atoms with E-state index in [2.05, 4.69) is 0 Å². The topological polar surface area (TPSA) is 80.4 Å². The maximum absolute atomic E-state index is 10.5. The lowest BCUT2D eigenvalue weighted by Crippen LogP contribution is -2.36. The fourth-order valence-corrected chi connectivity index (χ4v) is 2.03. The molecule has 3 N–H and O–H groups in total. The Morgan fingerprint density at radius 2 is 1.75 bits per heavy atom. The molecule has 0 fully saturated rings. The number of nitrogens with two attached hydrogens (primary N) is 1. The van der Waals surface area contributed by atoms with Gasteiger partial charge in [0.2, 0.25) is 0 Å². The molecule has 0 aromatic heterocycles. The van der Waals surface area contributed by atoms with E-state index in [4.69, 9.17) is 10.3 Å². The Morgan fingerprint density at radius 3 is 2.00 bits per heavy atom. The second-order valence-corrected chi connectivity index (χ2v) is 4.49. The van der Waals surface area contributed by atoms with E-state index in [1.54, 1.807) is 0 Å². The molecule has 0 aromatic carbocycles. The van der Waals surface area contributed by atoms with Crippen molar-refractivity contribution in [1.82, 2.24) is 0 Å². The molecule has 0 aliphatic heterocycles. The molecule has 4 nitrogen and oxygen atoms in total. The summed E-state index contributed by atoms with van der Waals surface area (Å²) in [5.74, 6) is -0.161. The zero-order valence-corrected chi connectivity index (χ0v) is 8.34. The zero-order valence-electron chi connectivity index (χ0n) is 7.53. The van der Waals surface area contributed by atoms with Crippen molar-refractivity contribution in [3.8, 4) is 0 Å². The van der Waals surface area contributed by atoms with E-state index in [9.17, 15) is 8.42 Å². The summed E-state index contributed by atoms with van der Waals surface area (Å²) in [6, 6.07) is -0.449. The molecule has 74 valence electrons. The summed E-state index contributed by atoms with van der Waals surface area (Å²) in [5.41, 5.74) is 5.59. The van der Waals surface area contributed by atoms with Crippen LogP contribution in [0, 0.1) is 5.92 Å². The van der Waals surface area contributed by atoms with Crippen molar-refractivity contribution in [2.75, 3.05) is 5.75 Å². The summed E-state index contributed by atoms with van der Waals surface area (Å²) >= 11 is 0. The number of rotatable bonds is 5. The van der Waals surface area contributed by atoms with Gasteiger partial charge >= 0.3 is 0 Å². The minimum atomic E-state index is -3.91. The molecular weight excluding hydrogens is 178 g/mol. The highest BCUT2D eigenvalue weighted by molar-refractivity contribution is 7.85. The zero-order chi connectivity index (χ0) is 9.78. The van der Waals surface area contributed by atoms with Crippen molar-refractivity contribution in [2.45, 2.75) is 32.7 Å². The summed E-state index contributed by atoms with van der Waals surface area (Å²) in [6.45, 7) is 3.91. The van der Waals surface area contributed by atoms with Crippen molar-refractivity contribution in [3.05, 3.63) is 0 Å². The average molecular weight is 195 g/mol. The van der Waals surface area contributed by atoms with Crippen LogP contribution in [0.2, 0.25) is 0 Å².